The number of benzene rings is 5. The van der Waals surface area contributed by atoms with E-state index in [9.17, 15) is 28.8 Å². The Balaban J connectivity index is 1.30. The van der Waals surface area contributed by atoms with Crippen molar-refractivity contribution in [3.63, 3.8) is 0 Å². The van der Waals surface area contributed by atoms with Crippen molar-refractivity contribution in [1.82, 2.24) is 0 Å². The van der Waals surface area contributed by atoms with Gasteiger partial charge in [-0.15, -0.1) is 23.2 Å². The second kappa shape index (κ2) is 24.0. The minimum absolute atomic E-state index is 0.00212. The van der Waals surface area contributed by atoms with Gasteiger partial charge in [0.1, 0.15) is 22.9 Å². The van der Waals surface area contributed by atoms with Crippen LogP contribution in [-0.4, -0.2) is 73.3 Å². The Bertz CT molecular complexity index is 2530. The molecule has 2 unspecified atom stereocenters. The molecule has 5 aromatic carbocycles. The van der Waals surface area contributed by atoms with E-state index < -0.39 is 47.3 Å². The number of Topliss-reactive ketones (excluding diaryl/α,β-unsaturated/α-hetero) is 2. The molecule has 2 atom stereocenters. The van der Waals surface area contributed by atoms with Crippen LogP contribution in [0.5, 0.6) is 11.5 Å². The number of aryl methyl sites for hydroxylation is 2. The van der Waals surface area contributed by atoms with Gasteiger partial charge in [-0.25, -0.2) is 0 Å². The van der Waals surface area contributed by atoms with Crippen LogP contribution < -0.4 is 30.7 Å². The Morgan fingerprint density at radius 3 is 1.29 bits per heavy atom. The third-order valence-electron chi connectivity index (χ3n) is 9.42. The lowest BCUT2D eigenvalue weighted by molar-refractivity contribution is -0.127. The summed E-state index contributed by atoms with van der Waals surface area (Å²) in [5.74, 6) is -3.29. The van der Waals surface area contributed by atoms with Crippen LogP contribution in [0.25, 0.3) is 0 Å². The number of rotatable bonds is 20. The fraction of sp³-hybridized carbons (Fsp3) is 0.217. The maximum atomic E-state index is 13.5. The largest absolute Gasteiger partial charge is 0.494 e. The van der Waals surface area contributed by atoms with Crippen LogP contribution in [0, 0.1) is 0 Å². The molecule has 0 saturated heterocycles. The lowest BCUT2D eigenvalue weighted by Gasteiger charge is -2.18. The fourth-order valence-electron chi connectivity index (χ4n) is 6.07. The molecule has 20 heteroatoms. The zero-order chi connectivity index (χ0) is 47.9. The van der Waals surface area contributed by atoms with Gasteiger partial charge in [0.05, 0.1) is 35.6 Å². The maximum Gasteiger partial charge on any atom is 0.258 e. The number of amides is 4. The normalized spacial score (nSPS) is 12.0. The predicted molar refractivity (Wildman–Crippen MR) is 255 cm³/mol. The quantitative estimate of drug-likeness (QED) is 0.0333. The highest BCUT2D eigenvalue weighted by molar-refractivity contribution is 6.33. The van der Waals surface area contributed by atoms with Crippen LogP contribution in [0.3, 0.4) is 0 Å². The summed E-state index contributed by atoms with van der Waals surface area (Å²) in [6.07, 6.45) is 1.24. The first-order valence-electron chi connectivity index (χ1n) is 19.9. The van der Waals surface area contributed by atoms with E-state index in [1.165, 1.54) is 62.8 Å². The molecule has 4 amide bonds. The van der Waals surface area contributed by atoms with Gasteiger partial charge in [-0.1, -0.05) is 47.5 Å². The average molecular weight is 977 g/mol. The van der Waals surface area contributed by atoms with Crippen LogP contribution in [0.15, 0.2) is 118 Å². The van der Waals surface area contributed by atoms with E-state index in [4.69, 9.17) is 55.9 Å². The first-order valence-corrected chi connectivity index (χ1v) is 21.7. The lowest BCUT2D eigenvalue weighted by Crippen LogP contribution is -2.32. The number of nitrogens with one attached hydrogen (secondary N) is 4. The molecule has 66 heavy (non-hydrogen) atoms. The van der Waals surface area contributed by atoms with Crippen molar-refractivity contribution in [2.45, 2.75) is 38.8 Å². The number of methoxy groups -OCH3 is 2. The maximum absolute atomic E-state index is 13.5. The van der Waals surface area contributed by atoms with E-state index in [0.29, 0.717) is 36.0 Å². The summed E-state index contributed by atoms with van der Waals surface area (Å²) in [6, 6.07) is 22.2. The highest BCUT2D eigenvalue weighted by atomic mass is 35.5. The van der Waals surface area contributed by atoms with Gasteiger partial charge >= 0.3 is 0 Å². The summed E-state index contributed by atoms with van der Waals surface area (Å²) in [5, 5.41) is 27.0. The monoisotopic (exact) mass is 974 g/mol. The molecule has 0 fully saturated rings. The highest BCUT2D eigenvalue weighted by Crippen LogP contribution is 2.37. The summed E-state index contributed by atoms with van der Waals surface area (Å²) in [4.78, 5) is 78.7. The Morgan fingerprint density at radius 2 is 0.939 bits per heavy atom. The molecule has 0 aliphatic rings. The molecule has 0 saturated carbocycles. The predicted octanol–water partition coefficient (Wildman–Crippen LogP) is 10.4. The molecule has 4 N–H and O–H groups in total. The second-order valence-electron chi connectivity index (χ2n) is 14.2. The zero-order valence-corrected chi connectivity index (χ0v) is 38.8. The van der Waals surface area contributed by atoms with Crippen molar-refractivity contribution in [2.75, 3.05) is 47.2 Å². The number of hydrogen-bond donors (Lipinski definition) is 4. The smallest absolute Gasteiger partial charge is 0.258 e. The van der Waals surface area contributed by atoms with Gasteiger partial charge in [0.15, 0.2) is 11.6 Å². The van der Waals surface area contributed by atoms with Gasteiger partial charge in [-0.05, 0) is 98.5 Å². The lowest BCUT2D eigenvalue weighted by atomic mass is 10.1. The third kappa shape index (κ3) is 13.7. The zero-order valence-electron chi connectivity index (χ0n) is 35.8. The molecule has 0 heterocycles. The van der Waals surface area contributed by atoms with Crippen molar-refractivity contribution < 1.29 is 38.2 Å². The Hall–Kier alpha value is -6.72. The van der Waals surface area contributed by atoms with Crippen molar-refractivity contribution in [2.24, 2.45) is 20.5 Å². The fourth-order valence-corrected chi connectivity index (χ4v) is 6.81. The Kier molecular flexibility index (Phi) is 18.3. The molecule has 342 valence electrons. The third-order valence-corrected chi connectivity index (χ3v) is 10.4. The number of carbonyl (C=O) groups excluding carboxylic acids is 6. The molecule has 0 aliphatic carbocycles. The van der Waals surface area contributed by atoms with Gasteiger partial charge in [0, 0.05) is 46.4 Å². The molecule has 16 nitrogen and oxygen atoms in total. The van der Waals surface area contributed by atoms with E-state index in [1.807, 2.05) is 12.1 Å². The van der Waals surface area contributed by atoms with Gasteiger partial charge in [-0.2, -0.15) is 20.5 Å². The molecule has 0 bridgehead atoms. The summed E-state index contributed by atoms with van der Waals surface area (Å²) in [7, 11) is 2.58. The number of hydrogen-bond acceptors (Lipinski definition) is 12. The first kappa shape index (κ1) is 50.3. The number of azo groups is 2. The summed E-state index contributed by atoms with van der Waals surface area (Å²) >= 11 is 24.4. The number of halogens is 4. The van der Waals surface area contributed by atoms with Crippen LogP contribution in [-0.2, 0) is 32.0 Å². The number of nitrogens with zero attached hydrogens (tertiary/aromatic N) is 4. The molecular weight excluding hydrogens is 934 g/mol. The van der Waals surface area contributed by atoms with Crippen molar-refractivity contribution in [1.29, 1.82) is 0 Å². The van der Waals surface area contributed by atoms with Crippen LogP contribution in [0.4, 0.5) is 34.1 Å². The first-order chi connectivity index (χ1) is 31.6. The van der Waals surface area contributed by atoms with Crippen LogP contribution >= 0.6 is 46.4 Å². The molecule has 0 radical (unpaired) electrons. The molecule has 5 aromatic rings. The minimum atomic E-state index is -1.68. The SMILES string of the molecule is COc1cc(NC(=O)C(N=Nc2cc(C(=O)Nc3cccc(CCCl)c3)ccc2Cl)C(C)=O)c(OC)cc1NC(=O)C(N=Nc1cc(C(=O)Nc2cccc(CCCl)c2)ccc1Cl)C(C)=O. The van der Waals surface area contributed by atoms with Gasteiger partial charge in [0.2, 0.25) is 12.1 Å². The van der Waals surface area contributed by atoms with Crippen molar-refractivity contribution >= 4 is 116 Å². The molecule has 0 aromatic heterocycles. The minimum Gasteiger partial charge on any atom is -0.494 e. The van der Waals surface area contributed by atoms with Gasteiger partial charge in [0.25, 0.3) is 23.6 Å². The summed E-state index contributed by atoms with van der Waals surface area (Å²) < 4.78 is 11.0. The van der Waals surface area contributed by atoms with Crippen molar-refractivity contribution in [3.05, 3.63) is 129 Å². The molecule has 5 rings (SSSR count). The average Bonchev–Trinajstić information content (AvgIpc) is 3.28. The number of alkyl halides is 2. The molecule has 0 spiro atoms. The summed E-state index contributed by atoms with van der Waals surface area (Å²) in [5.41, 5.74) is 3.39. The van der Waals surface area contributed by atoms with E-state index >= 15 is 0 Å². The number of carbonyl (C=O) groups is 6. The summed E-state index contributed by atoms with van der Waals surface area (Å²) in [6.45, 7) is 2.28. The topological polar surface area (TPSA) is 218 Å². The van der Waals surface area contributed by atoms with Gasteiger partial charge in [-0.3, -0.25) is 28.8 Å². The van der Waals surface area contributed by atoms with E-state index in [0.717, 1.165) is 25.0 Å². The van der Waals surface area contributed by atoms with Crippen LogP contribution in [0.2, 0.25) is 10.0 Å². The molecule has 0 aliphatic heterocycles. The number of ether oxygens (including phenoxy) is 2. The Morgan fingerprint density at radius 1 is 0.545 bits per heavy atom. The highest BCUT2D eigenvalue weighted by Gasteiger charge is 2.28. The van der Waals surface area contributed by atoms with E-state index in [1.54, 1.807) is 36.4 Å². The Labute approximate surface area is 399 Å². The standard InChI is InChI=1S/C46H42Cl4N8O8/c1-25(59)41(57-55-35-21-29(11-13-33(35)49)43(61)51-31-9-5-7-27(19-31)15-17-47)45(63)53-37-23-40(66-4)38(24-39(37)65-3)54-46(64)42(26(2)60)58-56-36-22-30(12-14-34(36)50)44(62)52-32-10-6-8-28(20-32)16-18-48/h5-14,19-24,41-42H,15-18H2,1-4H3,(H,51,61)(H,52,62)(H,53,63)(H,54,64). The van der Waals surface area contributed by atoms with E-state index in [2.05, 4.69) is 41.7 Å². The number of anilines is 4. The second-order valence-corrected chi connectivity index (χ2v) is 15.8. The van der Waals surface area contributed by atoms with Crippen molar-refractivity contribution in [3.8, 4) is 11.5 Å². The van der Waals surface area contributed by atoms with Gasteiger partial charge < -0.3 is 30.7 Å². The number of ketones is 2. The van der Waals surface area contributed by atoms with Crippen LogP contribution in [0.1, 0.15) is 45.7 Å². The van der Waals surface area contributed by atoms with E-state index in [-0.39, 0.29) is 55.4 Å². The molecular formula is C46H42Cl4N8O8.